The molecular formula is C15H22N2O6S. The van der Waals surface area contributed by atoms with Crippen LogP contribution in [-0.4, -0.2) is 63.1 Å². The summed E-state index contributed by atoms with van der Waals surface area (Å²) in [6.07, 6.45) is 0. The maximum absolute atomic E-state index is 12.5. The van der Waals surface area contributed by atoms with Gasteiger partial charge in [0, 0.05) is 26.3 Å². The first kappa shape index (κ1) is 20.1. The first-order valence-corrected chi connectivity index (χ1v) is 8.62. The van der Waals surface area contributed by atoms with Gasteiger partial charge in [0.2, 0.25) is 10.0 Å². The molecule has 0 saturated carbocycles. The Labute approximate surface area is 141 Å². The van der Waals surface area contributed by atoms with Crippen LogP contribution in [0.25, 0.3) is 0 Å². The summed E-state index contributed by atoms with van der Waals surface area (Å²) in [5, 5.41) is 9.20. The molecule has 0 aromatic heterocycles. The van der Waals surface area contributed by atoms with Crippen LogP contribution < -0.4 is 4.72 Å². The molecule has 0 saturated heterocycles. The summed E-state index contributed by atoms with van der Waals surface area (Å²) in [7, 11) is -0.975. The van der Waals surface area contributed by atoms with Gasteiger partial charge in [0.25, 0.3) is 5.91 Å². The summed E-state index contributed by atoms with van der Waals surface area (Å²) in [6, 6.07) is 5.44. The molecule has 1 amide bonds. The zero-order valence-electron chi connectivity index (χ0n) is 14.1. The van der Waals surface area contributed by atoms with Gasteiger partial charge in [0.1, 0.15) is 5.54 Å². The second-order valence-corrected chi connectivity index (χ2v) is 7.41. The molecule has 0 fully saturated rings. The third-order valence-electron chi connectivity index (χ3n) is 3.66. The number of nitrogens with one attached hydrogen (secondary N) is 1. The number of likely N-dealkylation sites (N-methyl/N-ethyl adjacent to an activating group) is 1. The number of rotatable bonds is 8. The van der Waals surface area contributed by atoms with Gasteiger partial charge in [0.05, 0.1) is 11.5 Å². The summed E-state index contributed by atoms with van der Waals surface area (Å²) in [5.74, 6) is -1.75. The van der Waals surface area contributed by atoms with Gasteiger partial charge in [-0.2, -0.15) is 0 Å². The van der Waals surface area contributed by atoms with Crippen LogP contribution in [0, 0.1) is 0 Å². The van der Waals surface area contributed by atoms with Crippen LogP contribution in [0.15, 0.2) is 29.2 Å². The zero-order valence-corrected chi connectivity index (χ0v) is 14.9. The Kier molecular flexibility index (Phi) is 6.47. The van der Waals surface area contributed by atoms with E-state index in [9.17, 15) is 23.1 Å². The van der Waals surface area contributed by atoms with Crippen molar-refractivity contribution in [2.24, 2.45) is 0 Å². The highest BCUT2D eigenvalue weighted by atomic mass is 32.2. The zero-order chi connectivity index (χ0) is 18.5. The lowest BCUT2D eigenvalue weighted by Gasteiger charge is -2.31. The Balaban J connectivity index is 3.08. The van der Waals surface area contributed by atoms with E-state index in [0.29, 0.717) is 0 Å². The highest BCUT2D eigenvalue weighted by molar-refractivity contribution is 7.89. The third kappa shape index (κ3) is 4.53. The monoisotopic (exact) mass is 358 g/mol. The number of methoxy groups -OCH3 is 1. The molecule has 134 valence electrons. The average Bonchev–Trinajstić information content (AvgIpc) is 2.53. The van der Waals surface area contributed by atoms with Crippen molar-refractivity contribution in [3.05, 3.63) is 29.8 Å². The number of hydrogen-bond donors (Lipinski definition) is 2. The number of benzene rings is 1. The lowest BCUT2D eigenvalue weighted by molar-refractivity contribution is -0.147. The topological polar surface area (TPSA) is 113 Å². The first-order chi connectivity index (χ1) is 11.0. The number of carboxylic acid groups (broad SMARTS) is 1. The van der Waals surface area contributed by atoms with Crippen molar-refractivity contribution in [1.82, 2.24) is 9.62 Å². The summed E-state index contributed by atoms with van der Waals surface area (Å²) >= 11 is 0. The molecule has 0 aliphatic carbocycles. The largest absolute Gasteiger partial charge is 0.480 e. The number of hydrogen-bond acceptors (Lipinski definition) is 5. The standard InChI is InChI=1S/C15H22N2O6S/c1-15(2,14(19)20)17(3)13(18)11-6-5-7-12(10-11)24(21,22)16-8-9-23-4/h5-7,10,16H,8-9H2,1-4H3,(H,19,20). The van der Waals surface area contributed by atoms with E-state index < -0.39 is 27.4 Å². The second-order valence-electron chi connectivity index (χ2n) is 5.65. The molecule has 0 atom stereocenters. The minimum atomic E-state index is -3.78. The smallest absolute Gasteiger partial charge is 0.329 e. The van der Waals surface area contributed by atoms with Gasteiger partial charge in [-0.25, -0.2) is 17.9 Å². The molecule has 8 nitrogen and oxygen atoms in total. The van der Waals surface area contributed by atoms with Crippen LogP contribution in [0.4, 0.5) is 0 Å². The molecule has 0 aliphatic heterocycles. The summed E-state index contributed by atoms with van der Waals surface area (Å²) in [4.78, 5) is 24.7. The van der Waals surface area contributed by atoms with Gasteiger partial charge >= 0.3 is 5.97 Å². The van der Waals surface area contributed by atoms with Crippen LogP contribution in [0.1, 0.15) is 24.2 Å². The van der Waals surface area contributed by atoms with E-state index in [1.165, 1.54) is 52.3 Å². The maximum Gasteiger partial charge on any atom is 0.329 e. The van der Waals surface area contributed by atoms with Crippen molar-refractivity contribution in [2.75, 3.05) is 27.3 Å². The Hall–Kier alpha value is -1.97. The molecule has 0 spiro atoms. The van der Waals surface area contributed by atoms with Gasteiger partial charge in [-0.3, -0.25) is 4.79 Å². The molecule has 0 bridgehead atoms. The molecule has 24 heavy (non-hydrogen) atoms. The van der Waals surface area contributed by atoms with Gasteiger partial charge in [0.15, 0.2) is 0 Å². The Morgan fingerprint density at radius 1 is 1.33 bits per heavy atom. The van der Waals surface area contributed by atoms with E-state index >= 15 is 0 Å². The van der Waals surface area contributed by atoms with Crippen LogP contribution in [-0.2, 0) is 19.6 Å². The Morgan fingerprint density at radius 3 is 2.50 bits per heavy atom. The van der Waals surface area contributed by atoms with Crippen LogP contribution in [0.2, 0.25) is 0 Å². The Morgan fingerprint density at radius 2 is 1.96 bits per heavy atom. The normalized spacial score (nSPS) is 12.0. The van der Waals surface area contributed by atoms with E-state index in [2.05, 4.69) is 4.72 Å². The van der Waals surface area contributed by atoms with Gasteiger partial charge in [-0.15, -0.1) is 0 Å². The Bertz CT molecular complexity index is 714. The van der Waals surface area contributed by atoms with E-state index in [1.54, 1.807) is 0 Å². The average molecular weight is 358 g/mol. The van der Waals surface area contributed by atoms with Crippen LogP contribution in [0.5, 0.6) is 0 Å². The summed E-state index contributed by atoms with van der Waals surface area (Å²) in [5.41, 5.74) is -1.34. The second kappa shape index (κ2) is 7.73. The number of sulfonamides is 1. The molecule has 0 aliphatic rings. The van der Waals surface area contributed by atoms with E-state index in [1.807, 2.05) is 0 Å². The predicted molar refractivity (Wildman–Crippen MR) is 87.3 cm³/mol. The van der Waals surface area contributed by atoms with Gasteiger partial charge in [-0.1, -0.05) is 6.07 Å². The molecule has 0 heterocycles. The van der Waals surface area contributed by atoms with Crippen molar-refractivity contribution in [2.45, 2.75) is 24.3 Å². The number of carbonyl (C=O) groups excluding carboxylic acids is 1. The third-order valence-corrected chi connectivity index (χ3v) is 5.11. The molecule has 0 unspecified atom stereocenters. The summed E-state index contributed by atoms with van der Waals surface area (Å²) < 4.78 is 31.5. The highest BCUT2D eigenvalue weighted by Crippen LogP contribution is 2.18. The van der Waals surface area contributed by atoms with Gasteiger partial charge in [-0.05, 0) is 32.0 Å². The molecule has 2 N–H and O–H groups in total. The molecule has 0 radical (unpaired) electrons. The molecule has 1 aromatic rings. The quantitative estimate of drug-likeness (QED) is 0.656. The van der Waals surface area contributed by atoms with Crippen LogP contribution >= 0.6 is 0 Å². The lowest BCUT2D eigenvalue weighted by atomic mass is 10.0. The van der Waals surface area contributed by atoms with E-state index in [0.717, 1.165) is 4.90 Å². The number of carboxylic acids is 1. The molecule has 9 heteroatoms. The number of carbonyl (C=O) groups is 2. The SMILES string of the molecule is COCCNS(=O)(=O)c1cccc(C(=O)N(C)C(C)(C)C(=O)O)c1. The fourth-order valence-corrected chi connectivity index (χ4v) is 2.81. The number of amides is 1. The van der Waals surface area contributed by atoms with Gasteiger partial charge < -0.3 is 14.7 Å². The van der Waals surface area contributed by atoms with Crippen molar-refractivity contribution in [3.8, 4) is 0 Å². The first-order valence-electron chi connectivity index (χ1n) is 7.14. The minimum Gasteiger partial charge on any atom is -0.480 e. The van der Waals surface area contributed by atoms with Crippen molar-refractivity contribution >= 4 is 21.9 Å². The highest BCUT2D eigenvalue weighted by Gasteiger charge is 2.35. The maximum atomic E-state index is 12.5. The molecule has 1 aromatic carbocycles. The van der Waals surface area contributed by atoms with Crippen molar-refractivity contribution in [3.63, 3.8) is 0 Å². The van der Waals surface area contributed by atoms with Crippen molar-refractivity contribution < 1.29 is 27.9 Å². The number of aliphatic carboxylic acids is 1. The van der Waals surface area contributed by atoms with E-state index in [-0.39, 0.29) is 23.6 Å². The van der Waals surface area contributed by atoms with Crippen molar-refractivity contribution in [1.29, 1.82) is 0 Å². The fourth-order valence-electron chi connectivity index (χ4n) is 1.75. The predicted octanol–water partition coefficient (Wildman–Crippen LogP) is 0.546. The fraction of sp³-hybridized carbons (Fsp3) is 0.467. The molecular weight excluding hydrogens is 336 g/mol. The summed E-state index contributed by atoms with van der Waals surface area (Å²) in [6.45, 7) is 3.09. The number of ether oxygens (including phenoxy) is 1. The van der Waals surface area contributed by atoms with Crippen LogP contribution in [0.3, 0.4) is 0 Å². The minimum absolute atomic E-state index is 0.0778. The van der Waals surface area contributed by atoms with E-state index in [4.69, 9.17) is 4.74 Å². The lowest BCUT2D eigenvalue weighted by Crippen LogP contribution is -2.50. The number of nitrogens with zero attached hydrogens (tertiary/aromatic N) is 1. The molecule has 1 rings (SSSR count).